The van der Waals surface area contributed by atoms with Gasteiger partial charge >= 0.3 is 12.1 Å². The van der Waals surface area contributed by atoms with Gasteiger partial charge in [0.1, 0.15) is 17.3 Å². The molecule has 11 heteroatoms. The number of alkyl halides is 2. The second-order valence-corrected chi connectivity index (χ2v) is 14.7. The molecule has 0 bridgehead atoms. The minimum absolute atomic E-state index is 0.0381. The average Bonchev–Trinajstić information content (AvgIpc) is 3.33. The number of piperidine rings is 1. The summed E-state index contributed by atoms with van der Waals surface area (Å²) in [4.78, 5) is 17.7. The number of nitrogens with zero attached hydrogens (tertiary/aromatic N) is 2. The zero-order valence-electron chi connectivity index (χ0n) is 27.9. The van der Waals surface area contributed by atoms with Crippen LogP contribution in [-0.4, -0.2) is 48.3 Å². The van der Waals surface area contributed by atoms with Gasteiger partial charge in [-0.1, -0.05) is 56.6 Å². The van der Waals surface area contributed by atoms with E-state index in [2.05, 4.69) is 41.0 Å². The van der Waals surface area contributed by atoms with E-state index in [9.17, 15) is 18.7 Å². The molecule has 1 spiro atoms. The first-order chi connectivity index (χ1) is 23.1. The molecule has 0 aliphatic carbocycles. The highest BCUT2D eigenvalue weighted by Crippen LogP contribution is 2.58. The summed E-state index contributed by atoms with van der Waals surface area (Å²) in [6.45, 7) is 10.3. The van der Waals surface area contributed by atoms with Gasteiger partial charge in [-0.05, 0) is 91.0 Å². The molecular weight excluding hydrogens is 653 g/mol. The number of amides is 2. The minimum atomic E-state index is -3.33. The standard InChI is InChI=1S/C38H40ClF3N4O3/c1-36(2,3)22-45-19-17-38(18-20-45)23-46(34-31(47)21-28(40)32(33(34)38)24-9-11-25(39)12-10-24)30-8-6-5-7-29(30)44-35(48)43-26-13-15-27(16-14-26)49-37(4,41)42/h5-16,21,47H,17-20,22-23H2,1-4H3,(H2,43,44,48). The average molecular weight is 693 g/mol. The van der Waals surface area contributed by atoms with Gasteiger partial charge in [0.25, 0.3) is 0 Å². The maximum atomic E-state index is 16.1. The Morgan fingerprint density at radius 2 is 1.61 bits per heavy atom. The monoisotopic (exact) mass is 692 g/mol. The molecule has 7 nitrogen and oxygen atoms in total. The molecular formula is C38H40ClF3N4O3. The summed E-state index contributed by atoms with van der Waals surface area (Å²) in [6, 6.07) is 20.5. The van der Waals surface area contributed by atoms with E-state index in [-0.39, 0.29) is 16.9 Å². The summed E-state index contributed by atoms with van der Waals surface area (Å²) in [6.07, 6.45) is -1.84. The summed E-state index contributed by atoms with van der Waals surface area (Å²) in [5, 5.41) is 17.6. The number of phenols is 1. The van der Waals surface area contributed by atoms with Crippen molar-refractivity contribution in [3.05, 3.63) is 95.3 Å². The lowest BCUT2D eigenvalue weighted by Crippen LogP contribution is -2.47. The van der Waals surface area contributed by atoms with E-state index in [0.717, 1.165) is 44.1 Å². The van der Waals surface area contributed by atoms with Crippen LogP contribution in [-0.2, 0) is 5.41 Å². The molecule has 4 aromatic carbocycles. The van der Waals surface area contributed by atoms with E-state index in [1.165, 1.54) is 24.3 Å². The molecule has 2 aliphatic rings. The zero-order valence-corrected chi connectivity index (χ0v) is 28.7. The van der Waals surface area contributed by atoms with Gasteiger partial charge in [-0.3, -0.25) is 0 Å². The predicted molar refractivity (Wildman–Crippen MR) is 189 cm³/mol. The second-order valence-electron chi connectivity index (χ2n) is 14.2. The van der Waals surface area contributed by atoms with Crippen molar-refractivity contribution in [1.29, 1.82) is 0 Å². The Balaban J connectivity index is 1.36. The lowest BCUT2D eigenvalue weighted by atomic mass is 9.71. The fraction of sp³-hybridized carbons (Fsp3) is 0.342. The van der Waals surface area contributed by atoms with Crippen LogP contribution in [0.15, 0.2) is 78.9 Å². The van der Waals surface area contributed by atoms with E-state index in [0.29, 0.717) is 52.4 Å². The molecule has 49 heavy (non-hydrogen) atoms. The number of anilines is 4. The van der Waals surface area contributed by atoms with Crippen LogP contribution in [0.25, 0.3) is 11.1 Å². The highest BCUT2D eigenvalue weighted by atomic mass is 35.5. The number of urea groups is 1. The Bertz CT molecular complexity index is 1830. The van der Waals surface area contributed by atoms with Crippen molar-refractivity contribution in [3.63, 3.8) is 0 Å². The number of likely N-dealkylation sites (tertiary alicyclic amines) is 1. The SMILES string of the molecule is CC(C)(C)CN1CCC2(CC1)CN(c1ccccc1NC(=O)Nc1ccc(OC(C)(F)F)cc1)c1c(O)cc(F)c(-c3ccc(Cl)cc3)c12. The van der Waals surface area contributed by atoms with E-state index >= 15 is 4.39 Å². The molecule has 2 amide bonds. The van der Waals surface area contributed by atoms with Crippen LogP contribution in [0.2, 0.25) is 5.02 Å². The number of benzene rings is 4. The summed E-state index contributed by atoms with van der Waals surface area (Å²) in [7, 11) is 0. The Hall–Kier alpha value is -4.41. The van der Waals surface area contributed by atoms with Gasteiger partial charge in [0.15, 0.2) is 0 Å². The number of ether oxygens (including phenoxy) is 1. The number of hydrogen-bond acceptors (Lipinski definition) is 5. The van der Waals surface area contributed by atoms with Crippen LogP contribution in [0.5, 0.6) is 11.5 Å². The molecule has 0 atom stereocenters. The summed E-state index contributed by atoms with van der Waals surface area (Å²) < 4.78 is 47.1. The van der Waals surface area contributed by atoms with E-state index in [4.69, 9.17) is 11.6 Å². The Morgan fingerprint density at radius 1 is 0.959 bits per heavy atom. The van der Waals surface area contributed by atoms with Crippen molar-refractivity contribution in [2.75, 3.05) is 41.7 Å². The van der Waals surface area contributed by atoms with Crippen LogP contribution >= 0.6 is 11.6 Å². The quantitative estimate of drug-likeness (QED) is 0.180. The van der Waals surface area contributed by atoms with Crippen molar-refractivity contribution in [2.24, 2.45) is 5.41 Å². The summed E-state index contributed by atoms with van der Waals surface area (Å²) in [5.41, 5.74) is 3.46. The fourth-order valence-corrected chi connectivity index (χ4v) is 7.24. The molecule has 0 unspecified atom stereocenters. The Labute approximate surface area is 289 Å². The van der Waals surface area contributed by atoms with E-state index in [1.54, 1.807) is 36.4 Å². The van der Waals surface area contributed by atoms with Gasteiger partial charge < -0.3 is 30.3 Å². The third-order valence-corrected chi connectivity index (χ3v) is 9.24. The van der Waals surface area contributed by atoms with E-state index < -0.39 is 23.4 Å². The van der Waals surface area contributed by atoms with Gasteiger partial charge in [-0.2, -0.15) is 8.78 Å². The summed E-state index contributed by atoms with van der Waals surface area (Å²) in [5.74, 6) is -0.732. The van der Waals surface area contributed by atoms with Crippen molar-refractivity contribution in [3.8, 4) is 22.6 Å². The number of fused-ring (bicyclic) bond motifs is 2. The number of aromatic hydroxyl groups is 1. The predicted octanol–water partition coefficient (Wildman–Crippen LogP) is 10.0. The lowest BCUT2D eigenvalue weighted by Gasteiger charge is -2.42. The number of hydrogen-bond donors (Lipinski definition) is 3. The third kappa shape index (κ3) is 7.60. The van der Waals surface area contributed by atoms with Crippen molar-refractivity contribution in [1.82, 2.24) is 4.90 Å². The minimum Gasteiger partial charge on any atom is -0.506 e. The van der Waals surface area contributed by atoms with Gasteiger partial charge in [0, 0.05) is 47.8 Å². The van der Waals surface area contributed by atoms with Gasteiger partial charge in [0.05, 0.1) is 17.1 Å². The molecule has 258 valence electrons. The molecule has 0 saturated carbocycles. The van der Waals surface area contributed by atoms with Crippen LogP contribution in [0.4, 0.5) is 40.7 Å². The first-order valence-corrected chi connectivity index (χ1v) is 16.6. The maximum Gasteiger partial charge on any atom is 0.394 e. The van der Waals surface area contributed by atoms with Gasteiger partial charge in [0.2, 0.25) is 0 Å². The number of phenolic OH excluding ortho intramolecular Hbond substituents is 1. The van der Waals surface area contributed by atoms with Crippen LogP contribution in [0, 0.1) is 11.2 Å². The highest BCUT2D eigenvalue weighted by Gasteiger charge is 2.49. The zero-order chi connectivity index (χ0) is 35.1. The number of rotatable bonds is 7. The highest BCUT2D eigenvalue weighted by molar-refractivity contribution is 6.30. The number of carbonyl (C=O) groups is 1. The Kier molecular flexibility index (Phi) is 9.23. The van der Waals surface area contributed by atoms with Crippen LogP contribution < -0.4 is 20.3 Å². The first kappa shape index (κ1) is 34.5. The molecule has 0 aromatic heterocycles. The number of nitrogens with one attached hydrogen (secondary N) is 2. The van der Waals surface area contributed by atoms with Crippen LogP contribution in [0.1, 0.15) is 46.1 Å². The molecule has 6 rings (SSSR count). The number of carbonyl (C=O) groups excluding carboxylic acids is 1. The number of halogens is 4. The van der Waals surface area contributed by atoms with Gasteiger partial charge in [-0.25, -0.2) is 9.18 Å². The lowest BCUT2D eigenvalue weighted by molar-refractivity contribution is -0.158. The third-order valence-electron chi connectivity index (χ3n) is 8.99. The first-order valence-electron chi connectivity index (χ1n) is 16.3. The second kappa shape index (κ2) is 13.1. The fourth-order valence-electron chi connectivity index (χ4n) is 7.11. The maximum absolute atomic E-state index is 16.1. The molecule has 3 N–H and O–H groups in total. The molecule has 1 saturated heterocycles. The molecule has 2 aliphatic heterocycles. The molecule has 2 heterocycles. The molecule has 4 aromatic rings. The van der Waals surface area contributed by atoms with Crippen molar-refractivity contribution in [2.45, 2.75) is 52.1 Å². The van der Waals surface area contributed by atoms with Crippen molar-refractivity contribution >= 4 is 40.4 Å². The van der Waals surface area contributed by atoms with Gasteiger partial charge in [-0.15, -0.1) is 0 Å². The van der Waals surface area contributed by atoms with Crippen LogP contribution in [0.3, 0.4) is 0 Å². The topological polar surface area (TPSA) is 77.1 Å². The molecule has 0 radical (unpaired) electrons. The smallest absolute Gasteiger partial charge is 0.394 e. The summed E-state index contributed by atoms with van der Waals surface area (Å²) >= 11 is 6.22. The molecule has 1 fully saturated rings. The Morgan fingerprint density at radius 3 is 2.24 bits per heavy atom. The number of para-hydroxylation sites is 2. The largest absolute Gasteiger partial charge is 0.506 e. The van der Waals surface area contributed by atoms with Crippen molar-refractivity contribution < 1.29 is 27.8 Å². The van der Waals surface area contributed by atoms with E-state index in [1.807, 2.05) is 17.0 Å². The normalized spacial score (nSPS) is 16.0.